The van der Waals surface area contributed by atoms with Crippen LogP contribution >= 0.6 is 0 Å². The van der Waals surface area contributed by atoms with E-state index < -0.39 is 21.6 Å². The predicted octanol–water partition coefficient (Wildman–Crippen LogP) is 2.69. The maximum Gasteiger partial charge on any atom is 0.339 e. The molecule has 3 aromatic rings. The molecule has 1 aromatic heterocycles. The molecule has 1 fully saturated rings. The Balaban J connectivity index is 1.77. The normalized spacial score (nSPS) is 16.1. The van der Waals surface area contributed by atoms with E-state index in [4.69, 9.17) is 14.2 Å². The van der Waals surface area contributed by atoms with E-state index in [2.05, 4.69) is 4.98 Å². The van der Waals surface area contributed by atoms with Crippen molar-refractivity contribution in [3.8, 4) is 5.75 Å². The molecule has 2 heterocycles. The molecule has 0 radical (unpaired) electrons. The fourth-order valence-corrected chi connectivity index (χ4v) is 5.67. The van der Waals surface area contributed by atoms with E-state index in [1.54, 1.807) is 43.5 Å². The number of aromatic nitrogens is 1. The van der Waals surface area contributed by atoms with Gasteiger partial charge in [-0.1, -0.05) is 12.1 Å². The lowest BCUT2D eigenvalue weighted by atomic mass is 10.1. The number of hydrogen-bond donors (Lipinski definition) is 1. The zero-order chi connectivity index (χ0) is 24.3. The molecule has 0 saturated carbocycles. The van der Waals surface area contributed by atoms with Gasteiger partial charge in [0.2, 0.25) is 10.0 Å². The highest BCUT2D eigenvalue weighted by Crippen LogP contribution is 2.26. The van der Waals surface area contributed by atoms with E-state index in [-0.39, 0.29) is 35.2 Å². The van der Waals surface area contributed by atoms with Crippen molar-refractivity contribution in [1.29, 1.82) is 0 Å². The fraction of sp³-hybridized carbons (Fsp3) is 0.333. The zero-order valence-corrected chi connectivity index (χ0v) is 19.8. The molecule has 1 aliphatic heterocycles. The van der Waals surface area contributed by atoms with Gasteiger partial charge in [0.25, 0.3) is 5.56 Å². The number of rotatable bonds is 8. The highest BCUT2D eigenvalue weighted by atomic mass is 32.2. The molecule has 0 unspecified atom stereocenters. The maximum absolute atomic E-state index is 13.8. The van der Waals surface area contributed by atoms with Crippen LogP contribution in [0.25, 0.3) is 10.9 Å². The molecule has 9 nitrogen and oxygen atoms in total. The van der Waals surface area contributed by atoms with Gasteiger partial charge in [0.15, 0.2) is 0 Å². The number of benzene rings is 2. The summed E-state index contributed by atoms with van der Waals surface area (Å²) in [6.45, 7) is 0.404. The molecular weight excluding hydrogens is 460 g/mol. The van der Waals surface area contributed by atoms with Crippen molar-refractivity contribution >= 4 is 26.9 Å². The van der Waals surface area contributed by atoms with E-state index >= 15 is 0 Å². The van der Waals surface area contributed by atoms with Gasteiger partial charge in [-0.25, -0.2) is 13.2 Å². The summed E-state index contributed by atoms with van der Waals surface area (Å²) in [6.07, 6.45) is 1.23. The van der Waals surface area contributed by atoms with Gasteiger partial charge < -0.3 is 19.2 Å². The number of nitrogens with one attached hydrogen (secondary N) is 1. The van der Waals surface area contributed by atoms with E-state index in [1.165, 1.54) is 23.5 Å². The SMILES string of the molecule is COC(=O)c1ccccc1S(=O)(=O)N(Cc1cc2cc(OC)ccc2[nH]c1=O)C[C@@H]1CCCO1. The average molecular weight is 487 g/mol. The number of nitrogens with zero attached hydrogens (tertiary/aromatic N) is 1. The molecule has 1 N–H and O–H groups in total. The van der Waals surface area contributed by atoms with Crippen LogP contribution in [0.5, 0.6) is 5.75 Å². The number of H-pyrrole nitrogens is 1. The molecule has 10 heteroatoms. The third-order valence-corrected chi connectivity index (χ3v) is 7.69. The Labute approximate surface area is 197 Å². The van der Waals surface area contributed by atoms with Crippen molar-refractivity contribution in [1.82, 2.24) is 9.29 Å². The molecule has 0 aliphatic carbocycles. The van der Waals surface area contributed by atoms with Gasteiger partial charge in [0.05, 0.1) is 30.8 Å². The summed E-state index contributed by atoms with van der Waals surface area (Å²) in [4.78, 5) is 27.7. The Morgan fingerprint density at radius 1 is 1.18 bits per heavy atom. The van der Waals surface area contributed by atoms with E-state index in [0.717, 1.165) is 6.42 Å². The minimum absolute atomic E-state index is 0.0490. The number of ether oxygens (including phenoxy) is 3. The number of aromatic amines is 1. The molecule has 34 heavy (non-hydrogen) atoms. The van der Waals surface area contributed by atoms with Crippen molar-refractivity contribution in [3.63, 3.8) is 0 Å². The number of fused-ring (bicyclic) bond motifs is 1. The molecule has 1 atom stereocenters. The zero-order valence-electron chi connectivity index (χ0n) is 18.9. The third-order valence-electron chi connectivity index (χ3n) is 5.82. The Kier molecular flexibility index (Phi) is 7.01. The standard InChI is InChI=1S/C24H26N2O7S/c1-31-18-9-10-21-16(13-18)12-17(23(27)25-21)14-26(15-19-6-5-11-33-19)34(29,30)22-8-4-3-7-20(22)24(28)32-2/h3-4,7-10,12-13,19H,5-6,11,14-15H2,1-2H3,(H,25,27)/t19-/m0/s1. The summed E-state index contributed by atoms with van der Waals surface area (Å²) in [7, 11) is -1.44. The molecule has 0 bridgehead atoms. The van der Waals surface area contributed by atoms with E-state index in [1.807, 2.05) is 0 Å². The summed E-state index contributed by atoms with van der Waals surface area (Å²) < 4.78 is 44.5. The highest BCUT2D eigenvalue weighted by Gasteiger charge is 2.33. The van der Waals surface area contributed by atoms with Crippen LogP contribution in [-0.4, -0.2) is 57.2 Å². The van der Waals surface area contributed by atoms with Crippen LogP contribution in [0.15, 0.2) is 58.2 Å². The van der Waals surface area contributed by atoms with Crippen LogP contribution in [0, 0.1) is 0 Å². The molecular formula is C24H26N2O7S. The van der Waals surface area contributed by atoms with Gasteiger partial charge in [-0.05, 0) is 49.2 Å². The van der Waals surface area contributed by atoms with Crippen LogP contribution in [-0.2, 0) is 26.0 Å². The topological polar surface area (TPSA) is 115 Å². The molecule has 4 rings (SSSR count). The number of pyridine rings is 1. The van der Waals surface area contributed by atoms with Crippen molar-refractivity contribution in [2.75, 3.05) is 27.4 Å². The van der Waals surface area contributed by atoms with Gasteiger partial charge in [-0.2, -0.15) is 4.31 Å². The van der Waals surface area contributed by atoms with Crippen LogP contribution in [0.3, 0.4) is 0 Å². The van der Waals surface area contributed by atoms with Crippen LogP contribution in [0.1, 0.15) is 28.8 Å². The maximum atomic E-state index is 13.8. The van der Waals surface area contributed by atoms with Gasteiger partial charge >= 0.3 is 5.97 Å². The first-order valence-electron chi connectivity index (χ1n) is 10.8. The van der Waals surface area contributed by atoms with Crippen molar-refractivity contribution < 1.29 is 27.4 Å². The minimum Gasteiger partial charge on any atom is -0.497 e. The minimum atomic E-state index is -4.18. The van der Waals surface area contributed by atoms with Crippen LogP contribution < -0.4 is 10.3 Å². The lowest BCUT2D eigenvalue weighted by Crippen LogP contribution is -2.39. The molecule has 2 aromatic carbocycles. The number of esters is 1. The van der Waals surface area contributed by atoms with Crippen molar-refractivity contribution in [3.05, 3.63) is 70.0 Å². The van der Waals surface area contributed by atoms with Gasteiger partial charge in [-0.15, -0.1) is 0 Å². The summed E-state index contributed by atoms with van der Waals surface area (Å²) in [5, 5.41) is 0.707. The average Bonchev–Trinajstić information content (AvgIpc) is 3.36. The Hall–Kier alpha value is -3.21. The quantitative estimate of drug-likeness (QED) is 0.487. The number of carbonyl (C=O) groups excluding carboxylic acids is 1. The van der Waals surface area contributed by atoms with Crippen molar-refractivity contribution in [2.45, 2.75) is 30.4 Å². The fourth-order valence-electron chi connectivity index (χ4n) is 4.04. The summed E-state index contributed by atoms with van der Waals surface area (Å²) in [5.74, 6) is -0.145. The van der Waals surface area contributed by atoms with Gasteiger partial charge in [0, 0.05) is 36.2 Å². The van der Waals surface area contributed by atoms with Gasteiger partial charge in [0.1, 0.15) is 5.75 Å². The predicted molar refractivity (Wildman–Crippen MR) is 125 cm³/mol. The number of carbonyl (C=O) groups is 1. The second-order valence-corrected chi connectivity index (χ2v) is 9.90. The Morgan fingerprint density at radius 2 is 1.97 bits per heavy atom. The van der Waals surface area contributed by atoms with E-state index in [0.29, 0.717) is 29.7 Å². The Morgan fingerprint density at radius 3 is 2.68 bits per heavy atom. The first-order chi connectivity index (χ1) is 16.3. The van der Waals surface area contributed by atoms with E-state index in [9.17, 15) is 18.0 Å². The highest BCUT2D eigenvalue weighted by molar-refractivity contribution is 7.89. The molecule has 1 aliphatic rings. The Bertz CT molecular complexity index is 1360. The largest absolute Gasteiger partial charge is 0.497 e. The van der Waals surface area contributed by atoms with Crippen molar-refractivity contribution in [2.24, 2.45) is 0 Å². The monoisotopic (exact) mass is 486 g/mol. The first kappa shape index (κ1) is 23.9. The lowest BCUT2D eigenvalue weighted by molar-refractivity contribution is 0.0596. The summed E-state index contributed by atoms with van der Waals surface area (Å²) in [5.41, 5.74) is 0.406. The second-order valence-electron chi connectivity index (χ2n) is 8.00. The first-order valence-corrected chi connectivity index (χ1v) is 12.3. The third kappa shape index (κ3) is 4.84. The number of sulfonamides is 1. The van der Waals surface area contributed by atoms with Crippen LogP contribution in [0.2, 0.25) is 0 Å². The summed E-state index contributed by atoms with van der Waals surface area (Å²) in [6, 6.07) is 12.7. The smallest absolute Gasteiger partial charge is 0.339 e. The second kappa shape index (κ2) is 9.96. The molecule has 0 amide bonds. The molecule has 1 saturated heterocycles. The number of methoxy groups -OCH3 is 2. The number of hydrogen-bond acceptors (Lipinski definition) is 7. The van der Waals surface area contributed by atoms with Gasteiger partial charge in [-0.3, -0.25) is 4.79 Å². The molecule has 0 spiro atoms. The summed E-state index contributed by atoms with van der Waals surface area (Å²) >= 11 is 0. The molecule has 180 valence electrons. The lowest BCUT2D eigenvalue weighted by Gasteiger charge is -2.25. The van der Waals surface area contributed by atoms with Crippen LogP contribution in [0.4, 0.5) is 0 Å².